The minimum Gasteiger partial charge on any atom is -0.444 e. The van der Waals surface area contributed by atoms with Crippen LogP contribution in [0.5, 0.6) is 0 Å². The number of aliphatic imine (C=N–C) groups is 1. The van der Waals surface area contributed by atoms with Crippen molar-refractivity contribution in [3.8, 4) is 0 Å². The van der Waals surface area contributed by atoms with Crippen molar-refractivity contribution in [2.45, 2.75) is 6.10 Å². The molecule has 0 bridgehead atoms. The Morgan fingerprint density at radius 1 is 1.81 bits per heavy atom. The molecular weight excluding hydrogens is 212 g/mol. The van der Waals surface area contributed by atoms with Gasteiger partial charge in [0, 0.05) is 11.1 Å². The topological polar surface area (TPSA) is 103 Å². The van der Waals surface area contributed by atoms with E-state index in [2.05, 4.69) is 20.3 Å². The van der Waals surface area contributed by atoms with Gasteiger partial charge in [-0.2, -0.15) is 0 Å². The van der Waals surface area contributed by atoms with Gasteiger partial charge in [-0.15, -0.1) is 0 Å². The zero-order chi connectivity index (χ0) is 11.4. The molecule has 2 heterocycles. The van der Waals surface area contributed by atoms with Gasteiger partial charge in [0.25, 0.3) is 0 Å². The van der Waals surface area contributed by atoms with Crippen molar-refractivity contribution >= 4 is 12.3 Å². The number of carbonyl (C=O) groups is 1. The molecule has 1 saturated heterocycles. The Hall–Kier alpha value is -2.21. The standard InChI is InChI=1S/C8H10N6O2/c9-13-12-3-6-5-14(8(15)16-6)7-4-10-1-2-11-7/h1,4,6,11H,2-3,5H2/t6-/m0/s1. The maximum absolute atomic E-state index is 11.5. The summed E-state index contributed by atoms with van der Waals surface area (Å²) in [6, 6.07) is 0. The molecule has 84 valence electrons. The van der Waals surface area contributed by atoms with Crippen LogP contribution < -0.4 is 5.32 Å². The lowest BCUT2D eigenvalue weighted by molar-refractivity contribution is 0.137. The highest BCUT2D eigenvalue weighted by atomic mass is 16.6. The van der Waals surface area contributed by atoms with Gasteiger partial charge in [-0.1, -0.05) is 5.11 Å². The molecule has 0 aromatic heterocycles. The van der Waals surface area contributed by atoms with Crippen LogP contribution in [-0.2, 0) is 4.74 Å². The number of carbonyl (C=O) groups excluding carboxylic acids is 1. The first kappa shape index (κ1) is 10.3. The van der Waals surface area contributed by atoms with Crippen molar-refractivity contribution in [1.29, 1.82) is 0 Å². The molecule has 8 nitrogen and oxygen atoms in total. The van der Waals surface area contributed by atoms with Crippen LogP contribution in [0, 0.1) is 0 Å². The molecule has 0 unspecified atom stereocenters. The first-order chi connectivity index (χ1) is 7.81. The van der Waals surface area contributed by atoms with Crippen molar-refractivity contribution in [2.24, 2.45) is 10.1 Å². The molecule has 1 fully saturated rings. The molecule has 0 saturated carbocycles. The average molecular weight is 222 g/mol. The van der Waals surface area contributed by atoms with Gasteiger partial charge in [0.1, 0.15) is 11.9 Å². The smallest absolute Gasteiger partial charge is 0.415 e. The molecular formula is C8H10N6O2. The Bertz CT molecular complexity index is 397. The highest BCUT2D eigenvalue weighted by Gasteiger charge is 2.33. The summed E-state index contributed by atoms with van der Waals surface area (Å²) in [4.78, 5) is 19.5. The van der Waals surface area contributed by atoms with E-state index < -0.39 is 12.2 Å². The van der Waals surface area contributed by atoms with Crippen molar-refractivity contribution in [3.05, 3.63) is 22.5 Å². The van der Waals surface area contributed by atoms with Crippen molar-refractivity contribution < 1.29 is 9.53 Å². The largest absolute Gasteiger partial charge is 0.444 e. The fourth-order valence-corrected chi connectivity index (χ4v) is 1.48. The zero-order valence-electron chi connectivity index (χ0n) is 8.41. The van der Waals surface area contributed by atoms with E-state index in [1.807, 2.05) is 0 Å². The predicted octanol–water partition coefficient (Wildman–Crippen LogP) is 0.590. The zero-order valence-corrected chi connectivity index (χ0v) is 8.41. The number of amides is 1. The summed E-state index contributed by atoms with van der Waals surface area (Å²) in [7, 11) is 0. The normalized spacial score (nSPS) is 23.2. The molecule has 1 N–H and O–H groups in total. The maximum Gasteiger partial charge on any atom is 0.415 e. The number of hydrogen-bond donors (Lipinski definition) is 1. The van der Waals surface area contributed by atoms with E-state index in [0.29, 0.717) is 18.9 Å². The molecule has 16 heavy (non-hydrogen) atoms. The Morgan fingerprint density at radius 3 is 3.38 bits per heavy atom. The highest BCUT2D eigenvalue weighted by molar-refractivity contribution is 5.73. The summed E-state index contributed by atoms with van der Waals surface area (Å²) >= 11 is 0. The van der Waals surface area contributed by atoms with Gasteiger partial charge in [-0.3, -0.25) is 9.89 Å². The lowest BCUT2D eigenvalue weighted by Crippen LogP contribution is -2.35. The third-order valence-electron chi connectivity index (χ3n) is 2.19. The van der Waals surface area contributed by atoms with Crippen LogP contribution in [0.2, 0.25) is 0 Å². The average Bonchev–Trinajstić information content (AvgIpc) is 2.69. The van der Waals surface area contributed by atoms with Crippen LogP contribution in [0.3, 0.4) is 0 Å². The van der Waals surface area contributed by atoms with Crippen molar-refractivity contribution in [3.63, 3.8) is 0 Å². The van der Waals surface area contributed by atoms with Gasteiger partial charge >= 0.3 is 6.09 Å². The van der Waals surface area contributed by atoms with Crippen molar-refractivity contribution in [2.75, 3.05) is 19.6 Å². The number of nitrogens with one attached hydrogen (secondary N) is 1. The number of nitrogens with zero attached hydrogens (tertiary/aromatic N) is 5. The first-order valence-electron chi connectivity index (χ1n) is 4.76. The Morgan fingerprint density at radius 2 is 2.69 bits per heavy atom. The van der Waals surface area contributed by atoms with Gasteiger partial charge in [-0.25, -0.2) is 4.79 Å². The second kappa shape index (κ2) is 4.54. The minimum atomic E-state index is -0.450. The molecule has 1 atom stereocenters. The Kier molecular flexibility index (Phi) is 2.93. The van der Waals surface area contributed by atoms with Gasteiger partial charge in [0.05, 0.1) is 25.8 Å². The minimum absolute atomic E-state index is 0.148. The van der Waals surface area contributed by atoms with E-state index >= 15 is 0 Å². The molecule has 0 aromatic carbocycles. The van der Waals surface area contributed by atoms with Crippen molar-refractivity contribution in [1.82, 2.24) is 10.2 Å². The van der Waals surface area contributed by atoms with E-state index in [0.717, 1.165) is 0 Å². The number of hydrogen-bond acceptors (Lipinski definition) is 5. The molecule has 0 aliphatic carbocycles. The SMILES string of the molecule is [N-]=[N+]=NC[C@H]1CN(C2=CN=CCN2)C(=O)O1. The fourth-order valence-electron chi connectivity index (χ4n) is 1.48. The summed E-state index contributed by atoms with van der Waals surface area (Å²) in [5.74, 6) is 0.607. The fraction of sp³-hybridized carbons (Fsp3) is 0.500. The summed E-state index contributed by atoms with van der Waals surface area (Å²) < 4.78 is 5.02. The molecule has 2 aliphatic heterocycles. The number of rotatable bonds is 3. The van der Waals surface area contributed by atoms with Gasteiger partial charge in [-0.05, 0) is 5.53 Å². The van der Waals surface area contributed by atoms with E-state index in [-0.39, 0.29) is 6.54 Å². The summed E-state index contributed by atoms with van der Waals surface area (Å²) in [5, 5.41) is 6.38. The van der Waals surface area contributed by atoms with Gasteiger partial charge < -0.3 is 10.1 Å². The van der Waals surface area contributed by atoms with Crippen LogP contribution >= 0.6 is 0 Å². The second-order valence-corrected chi connectivity index (χ2v) is 3.26. The molecule has 0 spiro atoms. The van der Waals surface area contributed by atoms with Crippen LogP contribution in [-0.4, -0.2) is 42.9 Å². The highest BCUT2D eigenvalue weighted by Crippen LogP contribution is 2.16. The summed E-state index contributed by atoms with van der Waals surface area (Å²) in [6.45, 7) is 1.10. The predicted molar refractivity (Wildman–Crippen MR) is 55.6 cm³/mol. The van der Waals surface area contributed by atoms with Crippen LogP contribution in [0.1, 0.15) is 0 Å². The Balaban J connectivity index is 2.01. The van der Waals surface area contributed by atoms with Gasteiger partial charge in [0.15, 0.2) is 0 Å². The molecule has 1 amide bonds. The monoisotopic (exact) mass is 222 g/mol. The summed E-state index contributed by atoms with van der Waals surface area (Å²) in [5.41, 5.74) is 8.17. The van der Waals surface area contributed by atoms with E-state index in [4.69, 9.17) is 10.3 Å². The third-order valence-corrected chi connectivity index (χ3v) is 2.19. The third kappa shape index (κ3) is 2.06. The quantitative estimate of drug-likeness (QED) is 0.429. The van der Waals surface area contributed by atoms with E-state index in [1.54, 1.807) is 12.4 Å². The lowest BCUT2D eigenvalue weighted by atomic mass is 10.3. The number of cyclic esters (lactones) is 1. The number of azide groups is 1. The molecule has 8 heteroatoms. The van der Waals surface area contributed by atoms with Crippen LogP contribution in [0.15, 0.2) is 22.1 Å². The van der Waals surface area contributed by atoms with Gasteiger partial charge in [0.2, 0.25) is 0 Å². The second-order valence-electron chi connectivity index (χ2n) is 3.26. The maximum atomic E-state index is 11.5. The Labute approximate surface area is 91.2 Å². The van der Waals surface area contributed by atoms with E-state index in [1.165, 1.54) is 4.90 Å². The molecule has 0 radical (unpaired) electrons. The number of ether oxygens (including phenoxy) is 1. The molecule has 0 aromatic rings. The summed E-state index contributed by atoms with van der Waals surface area (Å²) in [6.07, 6.45) is 2.41. The van der Waals surface area contributed by atoms with Crippen LogP contribution in [0.4, 0.5) is 4.79 Å². The van der Waals surface area contributed by atoms with Crippen LogP contribution in [0.25, 0.3) is 10.4 Å². The lowest BCUT2D eigenvalue weighted by Gasteiger charge is -2.18. The van der Waals surface area contributed by atoms with E-state index in [9.17, 15) is 4.79 Å². The first-order valence-corrected chi connectivity index (χ1v) is 4.76. The molecule has 2 rings (SSSR count). The molecule has 2 aliphatic rings.